The van der Waals surface area contributed by atoms with Crippen molar-refractivity contribution in [3.63, 3.8) is 0 Å². The minimum absolute atomic E-state index is 0.454. The zero-order valence-electron chi connectivity index (χ0n) is 8.25. The molecule has 2 bridgehead atoms. The van der Waals surface area contributed by atoms with Crippen molar-refractivity contribution in [2.24, 2.45) is 5.92 Å². The lowest BCUT2D eigenvalue weighted by Gasteiger charge is -2.51. The Hall–Kier alpha value is 0.270. The lowest BCUT2D eigenvalue weighted by molar-refractivity contribution is 0.0600. The largest absolute Gasteiger partial charge is 0.301 e. The molecule has 1 spiro atoms. The highest BCUT2D eigenvalue weighted by Crippen LogP contribution is 2.47. The fourth-order valence-corrected chi connectivity index (χ4v) is 4.85. The van der Waals surface area contributed by atoms with Crippen LogP contribution in [0.15, 0.2) is 0 Å². The third kappa shape index (κ3) is 1.24. The molecular weight excluding hydrogens is 180 g/mol. The predicted molar refractivity (Wildman–Crippen MR) is 57.0 cm³/mol. The van der Waals surface area contributed by atoms with Crippen LogP contribution in [0, 0.1) is 5.92 Å². The summed E-state index contributed by atoms with van der Waals surface area (Å²) in [5.41, 5.74) is 0. The maximum Gasteiger partial charge on any atom is 0.0806 e. The first kappa shape index (κ1) is 8.57. The third-order valence-corrected chi connectivity index (χ3v) is 5.40. The van der Waals surface area contributed by atoms with E-state index in [0.717, 1.165) is 11.2 Å². The molecule has 0 amide bonds. The van der Waals surface area contributed by atoms with E-state index in [-0.39, 0.29) is 0 Å². The molecule has 13 heavy (non-hydrogen) atoms. The SMILES string of the molecule is CC1CNC2(CN3CCC2CC3)S1. The van der Waals surface area contributed by atoms with Crippen LogP contribution < -0.4 is 5.32 Å². The summed E-state index contributed by atoms with van der Waals surface area (Å²) in [6.07, 6.45) is 2.85. The topological polar surface area (TPSA) is 15.3 Å². The first-order valence-electron chi connectivity index (χ1n) is 5.44. The highest BCUT2D eigenvalue weighted by molar-refractivity contribution is 8.01. The van der Waals surface area contributed by atoms with Gasteiger partial charge in [-0.15, -0.1) is 11.8 Å². The number of fused-ring (bicyclic) bond motifs is 2. The van der Waals surface area contributed by atoms with Crippen LogP contribution in [-0.4, -0.2) is 41.2 Å². The second kappa shape index (κ2) is 2.88. The van der Waals surface area contributed by atoms with Gasteiger partial charge in [0.1, 0.15) is 0 Å². The van der Waals surface area contributed by atoms with Crippen LogP contribution in [0.1, 0.15) is 19.8 Å². The van der Waals surface area contributed by atoms with Gasteiger partial charge in [-0.25, -0.2) is 0 Å². The van der Waals surface area contributed by atoms with Gasteiger partial charge in [0, 0.05) is 18.3 Å². The molecule has 4 heterocycles. The van der Waals surface area contributed by atoms with Crippen LogP contribution in [0.4, 0.5) is 0 Å². The van der Waals surface area contributed by atoms with Crippen molar-refractivity contribution >= 4 is 11.8 Å². The van der Waals surface area contributed by atoms with Crippen molar-refractivity contribution in [1.82, 2.24) is 10.2 Å². The molecule has 2 atom stereocenters. The van der Waals surface area contributed by atoms with Gasteiger partial charge in [-0.1, -0.05) is 6.92 Å². The number of hydrogen-bond acceptors (Lipinski definition) is 3. The summed E-state index contributed by atoms with van der Waals surface area (Å²) in [5.74, 6) is 0.951. The van der Waals surface area contributed by atoms with Gasteiger partial charge in [-0.05, 0) is 31.8 Å². The first-order chi connectivity index (χ1) is 6.28. The number of thioether (sulfide) groups is 1. The molecule has 74 valence electrons. The van der Waals surface area contributed by atoms with E-state index < -0.39 is 0 Å². The Morgan fingerprint density at radius 1 is 1.38 bits per heavy atom. The fraction of sp³-hybridized carbons (Fsp3) is 1.00. The van der Waals surface area contributed by atoms with Crippen LogP contribution in [0.25, 0.3) is 0 Å². The van der Waals surface area contributed by atoms with Gasteiger partial charge in [0.2, 0.25) is 0 Å². The summed E-state index contributed by atoms with van der Waals surface area (Å²) < 4.78 is 0. The van der Waals surface area contributed by atoms with E-state index in [1.54, 1.807) is 0 Å². The number of piperidine rings is 3. The average molecular weight is 198 g/mol. The average Bonchev–Trinajstić information content (AvgIpc) is 2.49. The molecule has 4 aliphatic rings. The minimum atomic E-state index is 0.454. The van der Waals surface area contributed by atoms with Gasteiger partial charge in [0.25, 0.3) is 0 Å². The molecule has 4 fully saturated rings. The molecule has 0 radical (unpaired) electrons. The summed E-state index contributed by atoms with van der Waals surface area (Å²) in [6.45, 7) is 7.57. The second-order valence-electron chi connectivity index (χ2n) is 4.75. The van der Waals surface area contributed by atoms with Gasteiger partial charge in [0.05, 0.1) is 4.87 Å². The van der Waals surface area contributed by atoms with Gasteiger partial charge < -0.3 is 10.2 Å². The lowest BCUT2D eigenvalue weighted by Crippen LogP contribution is -2.61. The normalized spacial score (nSPS) is 54.7. The van der Waals surface area contributed by atoms with Crippen molar-refractivity contribution in [3.05, 3.63) is 0 Å². The standard InChI is InChI=1S/C10H18N2S/c1-8-6-11-10(13-8)7-12-4-2-9(10)3-5-12/h8-9,11H,2-7H2,1H3. The monoisotopic (exact) mass is 198 g/mol. The molecule has 0 saturated carbocycles. The number of hydrogen-bond donors (Lipinski definition) is 1. The Kier molecular flexibility index (Phi) is 1.90. The highest BCUT2D eigenvalue weighted by atomic mass is 32.2. The molecule has 4 saturated heterocycles. The van der Waals surface area contributed by atoms with Gasteiger partial charge in [-0.3, -0.25) is 0 Å². The van der Waals surface area contributed by atoms with Gasteiger partial charge in [0.15, 0.2) is 0 Å². The Labute approximate surface area is 84.4 Å². The molecular formula is C10H18N2S. The van der Waals surface area contributed by atoms with Gasteiger partial charge >= 0.3 is 0 Å². The number of nitrogens with one attached hydrogen (secondary N) is 1. The van der Waals surface area contributed by atoms with Crippen LogP contribution in [-0.2, 0) is 0 Å². The van der Waals surface area contributed by atoms with Crippen molar-refractivity contribution in [2.45, 2.75) is 29.9 Å². The molecule has 1 N–H and O–H groups in total. The minimum Gasteiger partial charge on any atom is -0.301 e. The summed E-state index contributed by atoms with van der Waals surface area (Å²) in [6, 6.07) is 0. The van der Waals surface area contributed by atoms with E-state index in [4.69, 9.17) is 0 Å². The lowest BCUT2D eigenvalue weighted by atomic mass is 9.83. The Morgan fingerprint density at radius 2 is 2.15 bits per heavy atom. The maximum absolute atomic E-state index is 3.77. The van der Waals surface area contributed by atoms with E-state index in [0.29, 0.717) is 4.87 Å². The Balaban J connectivity index is 1.83. The van der Waals surface area contributed by atoms with E-state index >= 15 is 0 Å². The summed E-state index contributed by atoms with van der Waals surface area (Å²) in [7, 11) is 0. The van der Waals surface area contributed by atoms with Crippen molar-refractivity contribution in [3.8, 4) is 0 Å². The molecule has 2 unspecified atom stereocenters. The zero-order valence-corrected chi connectivity index (χ0v) is 9.07. The Morgan fingerprint density at radius 3 is 2.62 bits per heavy atom. The molecule has 0 aromatic carbocycles. The third-order valence-electron chi connectivity index (χ3n) is 3.81. The molecule has 4 aliphatic heterocycles. The number of rotatable bonds is 0. The van der Waals surface area contributed by atoms with E-state index in [2.05, 4.69) is 28.9 Å². The van der Waals surface area contributed by atoms with E-state index in [1.165, 1.54) is 39.0 Å². The second-order valence-corrected chi connectivity index (χ2v) is 6.52. The van der Waals surface area contributed by atoms with Crippen LogP contribution >= 0.6 is 11.8 Å². The van der Waals surface area contributed by atoms with Gasteiger partial charge in [-0.2, -0.15) is 0 Å². The fourth-order valence-electron chi connectivity index (χ4n) is 3.11. The molecule has 0 aromatic heterocycles. The molecule has 0 aromatic rings. The molecule has 4 rings (SSSR count). The predicted octanol–water partition coefficient (Wildman–Crippen LogP) is 1.13. The maximum atomic E-state index is 3.77. The Bertz CT molecular complexity index is 213. The van der Waals surface area contributed by atoms with Crippen LogP contribution in [0.2, 0.25) is 0 Å². The highest BCUT2D eigenvalue weighted by Gasteiger charge is 2.50. The summed E-state index contributed by atoms with van der Waals surface area (Å²) in [4.78, 5) is 3.09. The molecule has 0 aliphatic carbocycles. The smallest absolute Gasteiger partial charge is 0.0806 e. The summed E-state index contributed by atoms with van der Waals surface area (Å²) in [5, 5.41) is 4.59. The van der Waals surface area contributed by atoms with E-state index in [1.807, 2.05) is 0 Å². The van der Waals surface area contributed by atoms with Crippen molar-refractivity contribution in [2.75, 3.05) is 26.2 Å². The zero-order chi connectivity index (χ0) is 8.89. The quantitative estimate of drug-likeness (QED) is 0.628. The first-order valence-corrected chi connectivity index (χ1v) is 6.32. The van der Waals surface area contributed by atoms with Crippen LogP contribution in [0.3, 0.4) is 0 Å². The van der Waals surface area contributed by atoms with Crippen molar-refractivity contribution in [1.29, 1.82) is 0 Å². The van der Waals surface area contributed by atoms with Crippen molar-refractivity contribution < 1.29 is 0 Å². The summed E-state index contributed by atoms with van der Waals surface area (Å²) >= 11 is 2.20. The van der Waals surface area contributed by atoms with Crippen LogP contribution in [0.5, 0.6) is 0 Å². The van der Waals surface area contributed by atoms with E-state index in [9.17, 15) is 0 Å². The molecule has 2 nitrogen and oxygen atoms in total. The molecule has 3 heteroatoms. The number of nitrogens with zero attached hydrogens (tertiary/aromatic N) is 1.